The number of methoxy groups -OCH3 is 2. The number of hydrogen-bond donors (Lipinski definition) is 1. The third kappa shape index (κ3) is 3.55. The standard InChI is InChI=1S/C21H19FO6/c1-11(23)28-17-9-12(4-7-18(24)25)8-16-19(17)21(27-3)15-10-13(26-2)5-6-14(15)20(16)22/h5-6,8-10H,4,7H2,1-3H3,(H,24,25). The first-order valence-corrected chi connectivity index (χ1v) is 8.55. The highest BCUT2D eigenvalue weighted by molar-refractivity contribution is 6.09. The van der Waals surface area contributed by atoms with Gasteiger partial charge in [0, 0.05) is 29.5 Å². The molecule has 7 heteroatoms. The third-order valence-corrected chi connectivity index (χ3v) is 4.42. The lowest BCUT2D eigenvalue weighted by Gasteiger charge is -2.16. The van der Waals surface area contributed by atoms with Crippen LogP contribution in [0, 0.1) is 5.82 Å². The molecule has 0 amide bonds. The number of esters is 1. The van der Waals surface area contributed by atoms with Gasteiger partial charge in [0.25, 0.3) is 0 Å². The second-order valence-electron chi connectivity index (χ2n) is 6.26. The Labute approximate surface area is 160 Å². The highest BCUT2D eigenvalue weighted by atomic mass is 19.1. The highest BCUT2D eigenvalue weighted by Crippen LogP contribution is 2.44. The van der Waals surface area contributed by atoms with Crippen molar-refractivity contribution in [1.82, 2.24) is 0 Å². The first-order chi connectivity index (χ1) is 13.3. The molecule has 0 aliphatic rings. The lowest BCUT2D eigenvalue weighted by Crippen LogP contribution is -2.05. The van der Waals surface area contributed by atoms with Crippen molar-refractivity contribution in [3.63, 3.8) is 0 Å². The molecule has 0 saturated heterocycles. The average Bonchev–Trinajstić information content (AvgIpc) is 2.66. The maximum Gasteiger partial charge on any atom is 0.308 e. The van der Waals surface area contributed by atoms with Gasteiger partial charge < -0.3 is 19.3 Å². The van der Waals surface area contributed by atoms with Crippen LogP contribution in [0.3, 0.4) is 0 Å². The van der Waals surface area contributed by atoms with Crippen molar-refractivity contribution in [3.05, 3.63) is 41.7 Å². The molecular weight excluding hydrogens is 367 g/mol. The number of carboxylic acid groups (broad SMARTS) is 1. The average molecular weight is 386 g/mol. The van der Waals surface area contributed by atoms with Crippen molar-refractivity contribution in [2.75, 3.05) is 14.2 Å². The van der Waals surface area contributed by atoms with Crippen LogP contribution in [0.4, 0.5) is 4.39 Å². The molecule has 0 atom stereocenters. The van der Waals surface area contributed by atoms with Crippen LogP contribution in [-0.4, -0.2) is 31.3 Å². The van der Waals surface area contributed by atoms with Crippen molar-refractivity contribution in [1.29, 1.82) is 0 Å². The lowest BCUT2D eigenvalue weighted by atomic mass is 9.97. The molecule has 0 bridgehead atoms. The number of rotatable bonds is 6. The quantitative estimate of drug-likeness (QED) is 0.390. The van der Waals surface area contributed by atoms with Gasteiger partial charge in [0.2, 0.25) is 0 Å². The van der Waals surface area contributed by atoms with Crippen LogP contribution in [0.15, 0.2) is 30.3 Å². The van der Waals surface area contributed by atoms with E-state index in [9.17, 15) is 9.59 Å². The van der Waals surface area contributed by atoms with Crippen molar-refractivity contribution in [2.24, 2.45) is 0 Å². The summed E-state index contributed by atoms with van der Waals surface area (Å²) in [7, 11) is 2.95. The molecule has 28 heavy (non-hydrogen) atoms. The minimum atomic E-state index is -0.974. The minimum absolute atomic E-state index is 0.117. The van der Waals surface area contributed by atoms with Crippen LogP contribution in [0.5, 0.6) is 17.2 Å². The Hall–Kier alpha value is -3.35. The topological polar surface area (TPSA) is 82.1 Å². The predicted molar refractivity (Wildman–Crippen MR) is 102 cm³/mol. The Bertz CT molecular complexity index is 1090. The molecule has 3 rings (SSSR count). The number of benzene rings is 3. The van der Waals surface area contributed by atoms with Gasteiger partial charge in [0.05, 0.1) is 19.6 Å². The fraction of sp³-hybridized carbons (Fsp3) is 0.238. The summed E-state index contributed by atoms with van der Waals surface area (Å²) in [5, 5.41) is 10.2. The maximum absolute atomic E-state index is 15.4. The van der Waals surface area contributed by atoms with E-state index in [0.717, 1.165) is 0 Å². The number of aryl methyl sites for hydroxylation is 1. The number of aliphatic carboxylic acids is 1. The fourth-order valence-corrected chi connectivity index (χ4v) is 3.23. The Morgan fingerprint density at radius 1 is 1.04 bits per heavy atom. The first kappa shape index (κ1) is 19.4. The fourth-order valence-electron chi connectivity index (χ4n) is 3.23. The van der Waals surface area contributed by atoms with E-state index >= 15 is 4.39 Å². The van der Waals surface area contributed by atoms with Gasteiger partial charge in [-0.05, 0) is 42.3 Å². The van der Waals surface area contributed by atoms with Gasteiger partial charge in [-0.25, -0.2) is 4.39 Å². The zero-order valence-corrected chi connectivity index (χ0v) is 15.7. The molecular formula is C21H19FO6. The number of carbonyl (C=O) groups excluding carboxylic acids is 1. The van der Waals surface area contributed by atoms with Gasteiger partial charge in [-0.1, -0.05) is 0 Å². The molecule has 0 radical (unpaired) electrons. The molecule has 3 aromatic carbocycles. The Morgan fingerprint density at radius 3 is 2.39 bits per heavy atom. The van der Waals surface area contributed by atoms with Crippen molar-refractivity contribution in [3.8, 4) is 17.2 Å². The van der Waals surface area contributed by atoms with Gasteiger partial charge in [0.15, 0.2) is 0 Å². The van der Waals surface area contributed by atoms with Crippen LogP contribution < -0.4 is 14.2 Å². The molecule has 0 saturated carbocycles. The van der Waals surface area contributed by atoms with Crippen LogP contribution in [-0.2, 0) is 16.0 Å². The number of fused-ring (bicyclic) bond motifs is 2. The molecule has 0 heterocycles. The van der Waals surface area contributed by atoms with Crippen molar-refractivity contribution >= 4 is 33.5 Å². The van der Waals surface area contributed by atoms with E-state index in [-0.39, 0.29) is 24.0 Å². The molecule has 0 aliphatic carbocycles. The smallest absolute Gasteiger partial charge is 0.308 e. The van der Waals surface area contributed by atoms with Crippen LogP contribution in [0.2, 0.25) is 0 Å². The Kier molecular flexibility index (Phi) is 5.35. The first-order valence-electron chi connectivity index (χ1n) is 8.55. The number of ether oxygens (including phenoxy) is 3. The number of carbonyl (C=O) groups is 2. The van der Waals surface area contributed by atoms with Crippen LogP contribution in [0.25, 0.3) is 21.5 Å². The molecule has 0 unspecified atom stereocenters. The molecule has 1 N–H and O–H groups in total. The summed E-state index contributed by atoms with van der Waals surface area (Å²) in [6.45, 7) is 1.24. The zero-order valence-electron chi connectivity index (χ0n) is 15.7. The van der Waals surface area contributed by atoms with Crippen LogP contribution in [0.1, 0.15) is 18.9 Å². The third-order valence-electron chi connectivity index (χ3n) is 4.42. The molecule has 3 aromatic rings. The summed E-state index contributed by atoms with van der Waals surface area (Å²) in [5.74, 6) is -1.09. The second-order valence-corrected chi connectivity index (χ2v) is 6.26. The van der Waals surface area contributed by atoms with E-state index in [0.29, 0.717) is 33.2 Å². The van der Waals surface area contributed by atoms with Crippen molar-refractivity contribution in [2.45, 2.75) is 19.8 Å². The van der Waals surface area contributed by atoms with Gasteiger partial charge in [0.1, 0.15) is 23.1 Å². The highest BCUT2D eigenvalue weighted by Gasteiger charge is 2.21. The largest absolute Gasteiger partial charge is 0.497 e. The monoisotopic (exact) mass is 386 g/mol. The van der Waals surface area contributed by atoms with E-state index in [2.05, 4.69) is 0 Å². The van der Waals surface area contributed by atoms with E-state index in [1.165, 1.54) is 21.1 Å². The predicted octanol–water partition coefficient (Wildman–Crippen LogP) is 4.09. The summed E-state index contributed by atoms with van der Waals surface area (Å²) in [4.78, 5) is 22.5. The van der Waals surface area contributed by atoms with E-state index in [4.69, 9.17) is 19.3 Å². The Balaban J connectivity index is 2.39. The lowest BCUT2D eigenvalue weighted by molar-refractivity contribution is -0.137. The van der Waals surface area contributed by atoms with E-state index in [1.807, 2.05) is 0 Å². The van der Waals surface area contributed by atoms with Gasteiger partial charge >= 0.3 is 11.9 Å². The second kappa shape index (κ2) is 7.72. The molecule has 0 aliphatic heterocycles. The summed E-state index contributed by atoms with van der Waals surface area (Å²) >= 11 is 0. The molecule has 0 fully saturated rings. The van der Waals surface area contributed by atoms with E-state index in [1.54, 1.807) is 30.3 Å². The number of carboxylic acids is 1. The summed E-state index contributed by atoms with van der Waals surface area (Å²) in [6.07, 6.45) is 0.0382. The van der Waals surface area contributed by atoms with Gasteiger partial charge in [-0.15, -0.1) is 0 Å². The number of hydrogen-bond acceptors (Lipinski definition) is 5. The molecule has 6 nitrogen and oxygen atoms in total. The summed E-state index contributed by atoms with van der Waals surface area (Å²) in [6, 6.07) is 7.97. The normalized spacial score (nSPS) is 10.9. The van der Waals surface area contributed by atoms with Gasteiger partial charge in [-0.3, -0.25) is 9.59 Å². The van der Waals surface area contributed by atoms with Crippen molar-refractivity contribution < 1.29 is 33.3 Å². The minimum Gasteiger partial charge on any atom is -0.497 e. The van der Waals surface area contributed by atoms with Gasteiger partial charge in [-0.2, -0.15) is 0 Å². The van der Waals surface area contributed by atoms with E-state index < -0.39 is 17.8 Å². The summed E-state index contributed by atoms with van der Waals surface area (Å²) < 4.78 is 31.4. The number of halogens is 1. The maximum atomic E-state index is 15.4. The molecule has 0 spiro atoms. The molecule has 146 valence electrons. The zero-order chi connectivity index (χ0) is 20.4. The SMILES string of the molecule is COc1ccc2c(F)c3cc(CCC(=O)O)cc(OC(C)=O)c3c(OC)c2c1. The molecule has 0 aromatic heterocycles. The summed E-state index contributed by atoms with van der Waals surface area (Å²) in [5.41, 5.74) is 0.542. The Morgan fingerprint density at radius 2 is 1.79 bits per heavy atom. The van der Waals surface area contributed by atoms with Crippen LogP contribution >= 0.6 is 0 Å².